The molecule has 0 amide bonds. The molecule has 1 atom stereocenters. The predicted octanol–water partition coefficient (Wildman–Crippen LogP) is 3.24. The van der Waals surface area contributed by atoms with Crippen molar-refractivity contribution < 1.29 is 0 Å². The summed E-state index contributed by atoms with van der Waals surface area (Å²) in [4.78, 5) is 6.95. The highest BCUT2D eigenvalue weighted by Crippen LogP contribution is 2.47. The Bertz CT molecular complexity index is 490. The SMILES string of the molecule is CN=C(NCC(C)c1ccccc1)N1CCC2(CCC2)C1. The van der Waals surface area contributed by atoms with E-state index >= 15 is 0 Å². The molecule has 3 nitrogen and oxygen atoms in total. The van der Waals surface area contributed by atoms with Crippen LogP contribution >= 0.6 is 0 Å². The molecule has 0 radical (unpaired) electrons. The van der Waals surface area contributed by atoms with Gasteiger partial charge in [0.1, 0.15) is 0 Å². The lowest BCUT2D eigenvalue weighted by molar-refractivity contribution is 0.151. The lowest BCUT2D eigenvalue weighted by Gasteiger charge is -2.38. The summed E-state index contributed by atoms with van der Waals surface area (Å²) in [6.07, 6.45) is 5.61. The zero-order valence-electron chi connectivity index (χ0n) is 13.3. The Balaban J connectivity index is 1.54. The maximum atomic E-state index is 4.49. The van der Waals surface area contributed by atoms with Crippen LogP contribution in [0.15, 0.2) is 35.3 Å². The molecule has 2 fully saturated rings. The Kier molecular flexibility index (Phi) is 4.18. The van der Waals surface area contributed by atoms with Crippen LogP contribution in [0.25, 0.3) is 0 Å². The molecule has 21 heavy (non-hydrogen) atoms. The van der Waals surface area contributed by atoms with E-state index in [1.54, 1.807) is 0 Å². The van der Waals surface area contributed by atoms with Crippen molar-refractivity contribution in [3.05, 3.63) is 35.9 Å². The largest absolute Gasteiger partial charge is 0.356 e. The highest BCUT2D eigenvalue weighted by Gasteiger charge is 2.43. The smallest absolute Gasteiger partial charge is 0.193 e. The van der Waals surface area contributed by atoms with Gasteiger partial charge < -0.3 is 10.2 Å². The lowest BCUT2D eigenvalue weighted by Crippen LogP contribution is -2.43. The van der Waals surface area contributed by atoms with Gasteiger partial charge in [0.15, 0.2) is 5.96 Å². The number of rotatable bonds is 3. The Morgan fingerprint density at radius 3 is 2.62 bits per heavy atom. The maximum absolute atomic E-state index is 4.49. The Labute approximate surface area is 128 Å². The van der Waals surface area contributed by atoms with Crippen molar-refractivity contribution >= 4 is 5.96 Å². The summed E-state index contributed by atoms with van der Waals surface area (Å²) in [6, 6.07) is 10.7. The van der Waals surface area contributed by atoms with Crippen molar-refractivity contribution in [1.29, 1.82) is 0 Å². The van der Waals surface area contributed by atoms with Crippen molar-refractivity contribution in [1.82, 2.24) is 10.2 Å². The molecular formula is C18H27N3. The first-order chi connectivity index (χ1) is 10.2. The number of likely N-dealkylation sites (tertiary alicyclic amines) is 1. The van der Waals surface area contributed by atoms with Gasteiger partial charge in [-0.2, -0.15) is 0 Å². The minimum atomic E-state index is 0.503. The fourth-order valence-electron chi connectivity index (χ4n) is 3.68. The first kappa shape index (κ1) is 14.4. The number of benzene rings is 1. The van der Waals surface area contributed by atoms with Crippen LogP contribution in [0.2, 0.25) is 0 Å². The van der Waals surface area contributed by atoms with Crippen LogP contribution in [0.5, 0.6) is 0 Å². The van der Waals surface area contributed by atoms with Gasteiger partial charge in [-0.15, -0.1) is 0 Å². The average molecular weight is 285 g/mol. The van der Waals surface area contributed by atoms with Crippen LogP contribution in [0.4, 0.5) is 0 Å². The fraction of sp³-hybridized carbons (Fsp3) is 0.611. The standard InChI is InChI=1S/C18H27N3/c1-15(16-7-4-3-5-8-16)13-20-17(19-2)21-12-11-18(14-21)9-6-10-18/h3-5,7-8,15H,6,9-14H2,1-2H3,(H,19,20). The number of hydrogen-bond acceptors (Lipinski definition) is 1. The first-order valence-electron chi connectivity index (χ1n) is 8.23. The fourth-order valence-corrected chi connectivity index (χ4v) is 3.68. The van der Waals surface area contributed by atoms with Gasteiger partial charge in [0.25, 0.3) is 0 Å². The predicted molar refractivity (Wildman–Crippen MR) is 88.7 cm³/mol. The monoisotopic (exact) mass is 285 g/mol. The first-order valence-corrected chi connectivity index (χ1v) is 8.23. The van der Waals surface area contributed by atoms with Gasteiger partial charge in [-0.05, 0) is 36.2 Å². The Hall–Kier alpha value is -1.51. The molecule has 1 saturated carbocycles. The van der Waals surface area contributed by atoms with Gasteiger partial charge in [0, 0.05) is 26.7 Å². The van der Waals surface area contributed by atoms with Crippen molar-refractivity contribution in [2.75, 3.05) is 26.7 Å². The molecular weight excluding hydrogens is 258 g/mol. The minimum Gasteiger partial charge on any atom is -0.356 e. The van der Waals surface area contributed by atoms with E-state index in [2.05, 4.69) is 52.5 Å². The normalized spacial score (nSPS) is 22.2. The second kappa shape index (κ2) is 6.08. The van der Waals surface area contributed by atoms with Crippen LogP contribution in [-0.4, -0.2) is 37.5 Å². The molecule has 1 spiro atoms. The molecule has 0 aromatic heterocycles. The number of nitrogens with zero attached hydrogens (tertiary/aromatic N) is 2. The third kappa shape index (κ3) is 3.07. The molecule has 0 bridgehead atoms. The zero-order chi connectivity index (χ0) is 14.7. The quantitative estimate of drug-likeness (QED) is 0.682. The van der Waals surface area contributed by atoms with Gasteiger partial charge in [0.05, 0.1) is 0 Å². The number of guanidine groups is 1. The van der Waals surface area contributed by atoms with Gasteiger partial charge >= 0.3 is 0 Å². The van der Waals surface area contributed by atoms with E-state index in [0.717, 1.165) is 12.5 Å². The maximum Gasteiger partial charge on any atom is 0.193 e. The van der Waals surface area contributed by atoms with Gasteiger partial charge in [-0.1, -0.05) is 43.7 Å². The van der Waals surface area contributed by atoms with Gasteiger partial charge in [0.2, 0.25) is 0 Å². The zero-order valence-corrected chi connectivity index (χ0v) is 13.3. The van der Waals surface area contributed by atoms with E-state index < -0.39 is 0 Å². The molecule has 1 aliphatic carbocycles. The van der Waals surface area contributed by atoms with Crippen LogP contribution in [-0.2, 0) is 0 Å². The number of aliphatic imine (C=N–C) groups is 1. The minimum absolute atomic E-state index is 0.503. The molecule has 3 rings (SSSR count). The average Bonchev–Trinajstić information content (AvgIpc) is 2.94. The molecule has 2 aliphatic rings. The third-order valence-electron chi connectivity index (χ3n) is 5.30. The van der Waals surface area contributed by atoms with Crippen LogP contribution in [0.1, 0.15) is 44.1 Å². The number of hydrogen-bond donors (Lipinski definition) is 1. The van der Waals surface area contributed by atoms with E-state index in [1.165, 1.54) is 44.3 Å². The van der Waals surface area contributed by atoms with E-state index in [9.17, 15) is 0 Å². The van der Waals surface area contributed by atoms with E-state index in [4.69, 9.17) is 0 Å². The summed E-state index contributed by atoms with van der Waals surface area (Å²) in [6.45, 7) is 5.58. The van der Waals surface area contributed by atoms with E-state index in [1.807, 2.05) is 7.05 Å². The summed E-state index contributed by atoms with van der Waals surface area (Å²) < 4.78 is 0. The molecule has 1 unspecified atom stereocenters. The van der Waals surface area contributed by atoms with E-state index in [0.29, 0.717) is 11.3 Å². The third-order valence-corrected chi connectivity index (χ3v) is 5.30. The van der Waals surface area contributed by atoms with Crippen LogP contribution in [0.3, 0.4) is 0 Å². The molecule has 114 valence electrons. The molecule has 1 aromatic rings. The molecule has 1 heterocycles. The molecule has 1 aliphatic heterocycles. The van der Waals surface area contributed by atoms with E-state index in [-0.39, 0.29) is 0 Å². The summed E-state index contributed by atoms with van der Waals surface area (Å²) in [7, 11) is 1.90. The highest BCUT2D eigenvalue weighted by molar-refractivity contribution is 5.80. The van der Waals surface area contributed by atoms with Crippen molar-refractivity contribution in [2.24, 2.45) is 10.4 Å². The van der Waals surface area contributed by atoms with Crippen LogP contribution in [0, 0.1) is 5.41 Å². The highest BCUT2D eigenvalue weighted by atomic mass is 15.3. The van der Waals surface area contributed by atoms with Crippen molar-refractivity contribution in [2.45, 2.75) is 38.5 Å². The lowest BCUT2D eigenvalue weighted by atomic mass is 9.68. The Morgan fingerprint density at radius 1 is 1.29 bits per heavy atom. The summed E-state index contributed by atoms with van der Waals surface area (Å²) in [5, 5.41) is 3.57. The molecule has 1 N–H and O–H groups in total. The summed E-state index contributed by atoms with van der Waals surface area (Å²) in [5.74, 6) is 1.59. The topological polar surface area (TPSA) is 27.6 Å². The van der Waals surface area contributed by atoms with Crippen molar-refractivity contribution in [3.63, 3.8) is 0 Å². The van der Waals surface area contributed by atoms with Crippen molar-refractivity contribution in [3.8, 4) is 0 Å². The summed E-state index contributed by atoms with van der Waals surface area (Å²) in [5.41, 5.74) is 2.01. The second-order valence-electron chi connectivity index (χ2n) is 6.76. The molecule has 1 aromatic carbocycles. The molecule has 3 heteroatoms. The Morgan fingerprint density at radius 2 is 2.05 bits per heavy atom. The van der Waals surface area contributed by atoms with Crippen LogP contribution < -0.4 is 5.32 Å². The number of nitrogens with one attached hydrogen (secondary N) is 1. The van der Waals surface area contributed by atoms with Gasteiger partial charge in [-0.25, -0.2) is 0 Å². The van der Waals surface area contributed by atoms with Gasteiger partial charge in [-0.3, -0.25) is 4.99 Å². The molecule has 1 saturated heterocycles. The summed E-state index contributed by atoms with van der Waals surface area (Å²) >= 11 is 0. The second-order valence-corrected chi connectivity index (χ2v) is 6.76.